The number of nitrogens with one attached hydrogen (secondary N) is 2. The largest absolute Gasteiger partial charge is 0.595 e. The highest BCUT2D eigenvalue weighted by atomic mass is 16.8. The molecule has 6 rings (SSSR count). The van der Waals surface area contributed by atoms with Crippen molar-refractivity contribution in [3.05, 3.63) is 70.6 Å². The summed E-state index contributed by atoms with van der Waals surface area (Å²) in [5.74, 6) is -0.0432. The number of hydrogen-bond donors (Lipinski definition) is 3. The second-order valence-electron chi connectivity index (χ2n) is 8.61. The van der Waals surface area contributed by atoms with Gasteiger partial charge in [0.2, 0.25) is 11.8 Å². The average molecular weight is 418 g/mol. The number of piperazine rings is 1. The van der Waals surface area contributed by atoms with Gasteiger partial charge in [-0.25, -0.2) is 5.21 Å². The first-order valence-electron chi connectivity index (χ1n) is 10.6. The van der Waals surface area contributed by atoms with E-state index in [-0.39, 0.29) is 30.1 Å². The molecule has 1 saturated heterocycles. The molecule has 1 aliphatic carbocycles. The lowest BCUT2D eigenvalue weighted by Crippen LogP contribution is -2.99. The SMILES string of the molecule is O=C1C2Cc3c([nH]c4ccccc34)C(c3ccc([NH+]([O-])O)cc3)N2C(=O)CN1C1CC1. The number of H-pyrrole nitrogens is 1. The molecule has 2 aliphatic heterocycles. The van der Waals surface area contributed by atoms with Crippen LogP contribution in [0, 0.1) is 5.21 Å². The molecule has 1 saturated carbocycles. The Balaban J connectivity index is 1.52. The van der Waals surface area contributed by atoms with Gasteiger partial charge in [0.1, 0.15) is 12.6 Å². The molecular formula is C23H22N4O4. The normalized spacial score (nSPS) is 24.3. The van der Waals surface area contributed by atoms with E-state index in [0.29, 0.717) is 6.42 Å². The van der Waals surface area contributed by atoms with Crippen molar-refractivity contribution in [3.63, 3.8) is 0 Å². The Morgan fingerprint density at radius 1 is 1.06 bits per heavy atom. The van der Waals surface area contributed by atoms with Crippen LogP contribution in [0.1, 0.15) is 35.7 Å². The summed E-state index contributed by atoms with van der Waals surface area (Å²) in [6.45, 7) is 0.110. The van der Waals surface area contributed by atoms with E-state index >= 15 is 0 Å². The van der Waals surface area contributed by atoms with Crippen LogP contribution in [-0.2, 0) is 16.0 Å². The first-order chi connectivity index (χ1) is 15.0. The van der Waals surface area contributed by atoms with Crippen LogP contribution < -0.4 is 5.23 Å². The van der Waals surface area contributed by atoms with Crippen LogP contribution in [0.2, 0.25) is 0 Å². The van der Waals surface area contributed by atoms with Gasteiger partial charge in [0.15, 0.2) is 5.69 Å². The van der Waals surface area contributed by atoms with E-state index in [1.807, 2.05) is 24.3 Å². The van der Waals surface area contributed by atoms with Crippen molar-refractivity contribution < 1.29 is 20.0 Å². The molecule has 8 nitrogen and oxygen atoms in total. The molecule has 3 N–H and O–H groups in total. The van der Waals surface area contributed by atoms with Gasteiger partial charge < -0.3 is 20.0 Å². The van der Waals surface area contributed by atoms with Gasteiger partial charge in [0.05, 0.1) is 6.04 Å². The van der Waals surface area contributed by atoms with E-state index in [0.717, 1.165) is 40.6 Å². The lowest BCUT2D eigenvalue weighted by molar-refractivity contribution is -0.991. The Kier molecular flexibility index (Phi) is 3.98. The fourth-order valence-corrected chi connectivity index (χ4v) is 5.14. The molecule has 2 aromatic carbocycles. The number of nitrogens with zero attached hydrogens (tertiary/aromatic N) is 2. The maximum atomic E-state index is 13.4. The Hall–Kier alpha value is -3.20. The second-order valence-corrected chi connectivity index (χ2v) is 8.61. The number of benzene rings is 2. The monoisotopic (exact) mass is 418 g/mol. The molecule has 8 heteroatoms. The first-order valence-corrected chi connectivity index (χ1v) is 10.6. The Bertz CT molecular complexity index is 1200. The Morgan fingerprint density at radius 2 is 1.81 bits per heavy atom. The molecule has 3 unspecified atom stereocenters. The molecule has 3 aliphatic rings. The van der Waals surface area contributed by atoms with Crippen LogP contribution in [0.15, 0.2) is 48.5 Å². The minimum atomic E-state index is -0.997. The fraction of sp³-hybridized carbons (Fsp3) is 0.304. The summed E-state index contributed by atoms with van der Waals surface area (Å²) in [4.78, 5) is 33.7. The Labute approximate surface area is 178 Å². The number of rotatable bonds is 3. The van der Waals surface area contributed by atoms with Gasteiger partial charge in [0, 0.05) is 41.2 Å². The van der Waals surface area contributed by atoms with Gasteiger partial charge in [-0.05, 0) is 30.0 Å². The number of quaternary nitrogens is 1. The van der Waals surface area contributed by atoms with Crippen molar-refractivity contribution in [1.29, 1.82) is 0 Å². The number of aromatic nitrogens is 1. The van der Waals surface area contributed by atoms with Gasteiger partial charge in [-0.15, -0.1) is 0 Å². The third kappa shape index (κ3) is 2.79. The van der Waals surface area contributed by atoms with Gasteiger partial charge in [-0.2, -0.15) is 5.23 Å². The molecule has 3 atom stereocenters. The van der Waals surface area contributed by atoms with Crippen LogP contribution in [0.4, 0.5) is 5.69 Å². The zero-order valence-electron chi connectivity index (χ0n) is 16.7. The number of hydrogen-bond acceptors (Lipinski definition) is 4. The van der Waals surface area contributed by atoms with Crippen LogP contribution in [0.5, 0.6) is 0 Å². The molecule has 0 spiro atoms. The smallest absolute Gasteiger partial charge is 0.246 e. The Morgan fingerprint density at radius 3 is 2.52 bits per heavy atom. The van der Waals surface area contributed by atoms with Crippen molar-refractivity contribution in [1.82, 2.24) is 14.8 Å². The quantitative estimate of drug-likeness (QED) is 0.560. The van der Waals surface area contributed by atoms with Crippen molar-refractivity contribution >= 4 is 28.4 Å². The first kappa shape index (κ1) is 18.6. The number of fused-ring (bicyclic) bond motifs is 4. The standard InChI is InChI=1S/C23H22N4O4/c28-20-12-25(14-9-10-14)23(29)19-11-17-16-3-1-2-4-18(16)24-21(17)22(26(19)20)13-5-7-15(8-6-13)27(30)31/h1-8,14,19,22,24,27,30H,9-12H2. The van der Waals surface area contributed by atoms with E-state index in [4.69, 9.17) is 0 Å². The maximum Gasteiger partial charge on any atom is 0.246 e. The molecule has 158 valence electrons. The third-order valence-corrected chi connectivity index (χ3v) is 6.75. The molecule has 3 heterocycles. The molecule has 0 bridgehead atoms. The van der Waals surface area contributed by atoms with Gasteiger partial charge in [-0.3, -0.25) is 9.59 Å². The van der Waals surface area contributed by atoms with Crippen LogP contribution in [0.3, 0.4) is 0 Å². The lowest BCUT2D eigenvalue weighted by Gasteiger charge is -2.47. The summed E-state index contributed by atoms with van der Waals surface area (Å²) in [7, 11) is 0. The molecule has 31 heavy (non-hydrogen) atoms. The van der Waals surface area contributed by atoms with E-state index in [1.165, 1.54) is 0 Å². The van der Waals surface area contributed by atoms with Gasteiger partial charge in [0.25, 0.3) is 0 Å². The van der Waals surface area contributed by atoms with E-state index in [9.17, 15) is 20.0 Å². The summed E-state index contributed by atoms with van der Waals surface area (Å²) >= 11 is 0. The highest BCUT2D eigenvalue weighted by Gasteiger charge is 2.50. The topological polar surface area (TPSA) is 104 Å². The van der Waals surface area contributed by atoms with Crippen molar-refractivity contribution in [2.45, 2.75) is 37.4 Å². The molecule has 3 aromatic rings. The van der Waals surface area contributed by atoms with Crippen molar-refractivity contribution in [3.8, 4) is 0 Å². The third-order valence-electron chi connectivity index (χ3n) is 6.75. The zero-order chi connectivity index (χ0) is 21.3. The summed E-state index contributed by atoms with van der Waals surface area (Å²) in [5, 5.41) is 20.6. The molecule has 2 amide bonds. The molecule has 1 aromatic heterocycles. The lowest BCUT2D eigenvalue weighted by atomic mass is 9.86. The van der Waals surface area contributed by atoms with E-state index < -0.39 is 17.3 Å². The summed E-state index contributed by atoms with van der Waals surface area (Å²) in [6.07, 6.45) is 2.41. The van der Waals surface area contributed by atoms with Crippen molar-refractivity contribution in [2.24, 2.45) is 0 Å². The fourth-order valence-electron chi connectivity index (χ4n) is 5.14. The molecule has 2 fully saturated rings. The minimum absolute atomic E-state index is 0.0187. The number of aromatic amines is 1. The number of carbonyl (C=O) groups is 2. The number of carbonyl (C=O) groups excluding carboxylic acids is 2. The summed E-state index contributed by atoms with van der Waals surface area (Å²) in [6, 6.07) is 13.8. The van der Waals surface area contributed by atoms with Crippen LogP contribution in [-0.4, -0.2) is 50.4 Å². The highest BCUT2D eigenvalue weighted by molar-refractivity contribution is 5.98. The highest BCUT2D eigenvalue weighted by Crippen LogP contribution is 2.43. The number of para-hydroxylation sites is 1. The molecule has 0 radical (unpaired) electrons. The summed E-state index contributed by atoms with van der Waals surface area (Å²) in [5.41, 5.74) is 3.92. The van der Waals surface area contributed by atoms with Gasteiger partial charge in [-0.1, -0.05) is 30.3 Å². The predicted octanol–water partition coefficient (Wildman–Crippen LogP) is 1.42. The van der Waals surface area contributed by atoms with Crippen LogP contribution >= 0.6 is 0 Å². The minimum Gasteiger partial charge on any atom is -0.595 e. The van der Waals surface area contributed by atoms with Crippen LogP contribution in [0.25, 0.3) is 10.9 Å². The van der Waals surface area contributed by atoms with E-state index in [2.05, 4.69) is 4.98 Å². The zero-order valence-corrected chi connectivity index (χ0v) is 16.7. The molecular weight excluding hydrogens is 396 g/mol. The van der Waals surface area contributed by atoms with Crippen molar-refractivity contribution in [2.75, 3.05) is 6.54 Å². The predicted molar refractivity (Wildman–Crippen MR) is 111 cm³/mol. The number of amides is 2. The van der Waals surface area contributed by atoms with E-state index in [1.54, 1.807) is 34.1 Å². The second kappa shape index (κ2) is 6.65. The maximum absolute atomic E-state index is 13.4. The average Bonchev–Trinajstić information content (AvgIpc) is 3.55. The summed E-state index contributed by atoms with van der Waals surface area (Å²) < 4.78 is 0. The van der Waals surface area contributed by atoms with Gasteiger partial charge >= 0.3 is 0 Å².